The molecule has 1 aliphatic rings. The van der Waals surface area contributed by atoms with Gasteiger partial charge in [0, 0.05) is 0 Å². The number of hydrogen-bond acceptors (Lipinski definition) is 0. The fraction of sp³-hybridized carbons (Fsp3) is 0.136. The maximum Gasteiger partial charge on any atom is -0.0279 e. The third-order valence-corrected chi connectivity index (χ3v) is 3.35. The maximum absolute atomic E-state index is 2.99. The molecule has 1 aliphatic carbocycles. The van der Waals surface area contributed by atoms with Gasteiger partial charge in [-0.15, -0.1) is 60.2 Å². The topological polar surface area (TPSA) is 0 Å². The Kier molecular flexibility index (Phi) is 13.9. The van der Waals surface area contributed by atoms with Crippen LogP contribution in [0.5, 0.6) is 0 Å². The average Bonchev–Trinajstić information content (AvgIpc) is 3.29. The molecular formula is C22H24Cl2SiZr. The largest absolute Gasteiger partial charge is 0.273 e. The van der Waals surface area contributed by atoms with Gasteiger partial charge in [0.25, 0.3) is 0 Å². The third kappa shape index (κ3) is 8.73. The van der Waals surface area contributed by atoms with Crippen molar-refractivity contribution < 1.29 is 23.3 Å². The number of halogens is 2. The molecule has 0 aromatic heterocycles. The molecule has 0 nitrogen and oxygen atoms in total. The Labute approximate surface area is 185 Å². The van der Waals surface area contributed by atoms with E-state index >= 15 is 0 Å². The summed E-state index contributed by atoms with van der Waals surface area (Å²) in [6.45, 7) is 4.62. The van der Waals surface area contributed by atoms with E-state index in [2.05, 4.69) is 92.0 Å². The van der Waals surface area contributed by atoms with Crippen molar-refractivity contribution in [2.24, 2.45) is 0 Å². The van der Waals surface area contributed by atoms with Gasteiger partial charge in [0.2, 0.25) is 0 Å². The van der Waals surface area contributed by atoms with Gasteiger partial charge in [0.1, 0.15) is 0 Å². The van der Waals surface area contributed by atoms with E-state index in [4.69, 9.17) is 0 Å². The van der Waals surface area contributed by atoms with Crippen LogP contribution < -0.4 is 0 Å². The fourth-order valence-corrected chi connectivity index (χ4v) is 2.37. The van der Waals surface area contributed by atoms with E-state index in [0.717, 1.165) is 6.42 Å². The second kappa shape index (κ2) is 14.3. The molecule has 3 aromatic carbocycles. The van der Waals surface area contributed by atoms with Gasteiger partial charge < -0.3 is 0 Å². The fourth-order valence-electron chi connectivity index (χ4n) is 2.37. The van der Waals surface area contributed by atoms with E-state index in [0.29, 0.717) is 0 Å². The molecule has 0 unspecified atom stereocenters. The Balaban J connectivity index is 0.000000480. The number of allylic oxidation sites excluding steroid dienone is 4. The summed E-state index contributed by atoms with van der Waals surface area (Å²) in [5.74, 6) is 0. The SMILES string of the molecule is C[Si](C)=[Zr+2].Cl.Cl.[C-]1=CC=CC1.c1ccc(-c2cccc3[cH-]ccc23)cc1. The molecule has 134 valence electrons. The molecule has 0 bridgehead atoms. The van der Waals surface area contributed by atoms with E-state index in [9.17, 15) is 0 Å². The summed E-state index contributed by atoms with van der Waals surface area (Å²) in [6, 6.07) is 23.4. The first-order valence-electron chi connectivity index (χ1n) is 8.12. The Morgan fingerprint density at radius 2 is 1.65 bits per heavy atom. The molecule has 4 heteroatoms. The smallest absolute Gasteiger partial charge is 0.0279 e. The second-order valence-corrected chi connectivity index (χ2v) is 15.1. The van der Waals surface area contributed by atoms with E-state index in [1.54, 1.807) is 23.3 Å². The molecule has 0 saturated heterocycles. The summed E-state index contributed by atoms with van der Waals surface area (Å²) in [4.78, 5) is 0. The monoisotopic (exact) mass is 476 g/mol. The second-order valence-electron chi connectivity index (χ2n) is 5.70. The van der Waals surface area contributed by atoms with Crippen molar-refractivity contribution in [2.45, 2.75) is 19.5 Å². The van der Waals surface area contributed by atoms with Gasteiger partial charge in [-0.25, -0.2) is 12.2 Å². The summed E-state index contributed by atoms with van der Waals surface area (Å²) in [7, 11) is 0. The molecule has 0 radical (unpaired) electrons. The summed E-state index contributed by atoms with van der Waals surface area (Å²) >= 11 is 1.74. The first-order chi connectivity index (χ1) is 11.7. The van der Waals surface area contributed by atoms with Gasteiger partial charge in [-0.05, 0) is 5.56 Å². The predicted molar refractivity (Wildman–Crippen MR) is 119 cm³/mol. The molecule has 4 rings (SSSR count). The summed E-state index contributed by atoms with van der Waals surface area (Å²) in [6.07, 6.45) is 10.0. The predicted octanol–water partition coefficient (Wildman–Crippen LogP) is 7.16. The van der Waals surface area contributed by atoms with Crippen LogP contribution in [0.3, 0.4) is 0 Å². The van der Waals surface area contributed by atoms with Crippen LogP contribution in [-0.2, 0) is 23.3 Å². The molecule has 0 fully saturated rings. The maximum atomic E-state index is 2.99. The summed E-state index contributed by atoms with van der Waals surface area (Å²) in [5.41, 5.74) is 2.81. The van der Waals surface area contributed by atoms with Gasteiger partial charge in [-0.2, -0.15) is 18.2 Å². The zero-order valence-electron chi connectivity index (χ0n) is 15.1. The zero-order chi connectivity index (χ0) is 17.2. The van der Waals surface area contributed by atoms with Crippen molar-refractivity contribution in [3.63, 3.8) is 0 Å². The van der Waals surface area contributed by atoms with Crippen molar-refractivity contribution in [1.82, 2.24) is 0 Å². The van der Waals surface area contributed by atoms with E-state index in [1.165, 1.54) is 21.9 Å². The number of rotatable bonds is 1. The van der Waals surface area contributed by atoms with Crippen LogP contribution in [0.25, 0.3) is 21.9 Å². The van der Waals surface area contributed by atoms with Crippen molar-refractivity contribution >= 4 is 41.0 Å². The Hall–Kier alpha value is -0.790. The summed E-state index contributed by atoms with van der Waals surface area (Å²) < 4.78 is 0. The molecule has 0 spiro atoms. The van der Waals surface area contributed by atoms with Crippen LogP contribution in [0.4, 0.5) is 0 Å². The minimum Gasteiger partial charge on any atom is -0.273 e. The van der Waals surface area contributed by atoms with Crippen molar-refractivity contribution in [3.05, 3.63) is 91.0 Å². The molecule has 26 heavy (non-hydrogen) atoms. The molecule has 0 saturated carbocycles. The molecule has 0 amide bonds. The van der Waals surface area contributed by atoms with Crippen LogP contribution in [0.2, 0.25) is 13.1 Å². The number of fused-ring (bicyclic) bond motifs is 1. The zero-order valence-corrected chi connectivity index (χ0v) is 20.2. The average molecular weight is 479 g/mol. The van der Waals surface area contributed by atoms with Gasteiger partial charge in [0.15, 0.2) is 0 Å². The van der Waals surface area contributed by atoms with Crippen LogP contribution in [0, 0.1) is 6.08 Å². The van der Waals surface area contributed by atoms with E-state index < -0.39 is 0 Å². The molecule has 0 N–H and O–H groups in total. The van der Waals surface area contributed by atoms with Crippen LogP contribution in [0.1, 0.15) is 6.42 Å². The number of hydrogen-bond donors (Lipinski definition) is 0. The van der Waals surface area contributed by atoms with Gasteiger partial charge >= 0.3 is 41.9 Å². The first kappa shape index (κ1) is 25.2. The molecule has 0 atom stereocenters. The summed E-state index contributed by atoms with van der Waals surface area (Å²) in [5, 5.41) is 2.65. The van der Waals surface area contributed by atoms with Crippen LogP contribution in [-0.4, -0.2) is 5.43 Å². The van der Waals surface area contributed by atoms with Gasteiger partial charge in [-0.1, -0.05) is 42.0 Å². The molecule has 3 aromatic rings. The number of benzene rings is 2. The first-order valence-corrected chi connectivity index (χ1v) is 14.3. The molecule has 0 aliphatic heterocycles. The van der Waals surface area contributed by atoms with Crippen LogP contribution in [0.15, 0.2) is 85.0 Å². The minimum absolute atomic E-state index is 0. The van der Waals surface area contributed by atoms with E-state index in [-0.39, 0.29) is 30.2 Å². The standard InChI is InChI=1S/C15H11.C5H5.C2H6Si.2ClH.Zr/c1-2-6-12(7-3-1)14-10-4-8-13-9-5-11-15(13)14;1-2-4-5-3-1;1-3-2;;;/h1-11H;1-3H,4H2;1-2H3;2*1H;/q2*-1;;;;+2. The van der Waals surface area contributed by atoms with Crippen molar-refractivity contribution in [3.8, 4) is 11.1 Å². The molecule has 0 heterocycles. The Bertz CT molecular complexity index is 821. The van der Waals surface area contributed by atoms with Crippen LogP contribution >= 0.6 is 24.8 Å². The van der Waals surface area contributed by atoms with Crippen molar-refractivity contribution in [2.75, 3.05) is 0 Å². The third-order valence-electron chi connectivity index (χ3n) is 3.35. The van der Waals surface area contributed by atoms with Gasteiger partial charge in [-0.3, -0.25) is 6.08 Å². The minimum atomic E-state index is 0. The molecular weight excluding hydrogens is 454 g/mol. The quantitative estimate of drug-likeness (QED) is 0.257. The Morgan fingerprint density at radius 1 is 0.962 bits per heavy atom. The normalized spacial score (nSPS) is 10.6. The van der Waals surface area contributed by atoms with Crippen molar-refractivity contribution in [1.29, 1.82) is 0 Å². The van der Waals surface area contributed by atoms with Gasteiger partial charge in [0.05, 0.1) is 0 Å². The van der Waals surface area contributed by atoms with E-state index in [1.807, 2.05) is 12.2 Å². The Morgan fingerprint density at radius 3 is 2.19 bits per heavy atom.